The maximum Gasteiger partial charge on any atom is 0.188 e. The summed E-state index contributed by atoms with van der Waals surface area (Å²) < 4.78 is 0. The van der Waals surface area contributed by atoms with Crippen molar-refractivity contribution in [2.75, 3.05) is 18.8 Å². The number of hydrogen-bond donors (Lipinski definition) is 3. The van der Waals surface area contributed by atoms with Crippen LogP contribution in [0.25, 0.3) is 0 Å². The monoisotopic (exact) mass is 303 g/mol. The molecule has 0 unspecified atom stereocenters. The number of nitrogens with zero attached hydrogens (tertiary/aromatic N) is 2. The highest BCUT2D eigenvalue weighted by Crippen LogP contribution is 2.15. The van der Waals surface area contributed by atoms with Crippen LogP contribution in [-0.2, 0) is 6.42 Å². The predicted octanol–water partition coefficient (Wildman–Crippen LogP) is 2.04. The predicted molar refractivity (Wildman–Crippen MR) is 88.6 cm³/mol. The van der Waals surface area contributed by atoms with E-state index in [4.69, 9.17) is 5.73 Å². The van der Waals surface area contributed by atoms with Gasteiger partial charge in [0.05, 0.1) is 6.33 Å². The van der Waals surface area contributed by atoms with Gasteiger partial charge in [-0.05, 0) is 25.0 Å². The van der Waals surface area contributed by atoms with Gasteiger partial charge in [-0.1, -0.05) is 18.2 Å². The minimum absolute atomic E-state index is 0.522. The molecular formula is C15H21N5S. The SMILES string of the molecule is NC(=NCCCc1cnc[nH]1)NCCSc1ccccc1. The fraction of sp³-hybridized carbons (Fsp3) is 0.333. The van der Waals surface area contributed by atoms with E-state index in [1.54, 1.807) is 18.1 Å². The van der Waals surface area contributed by atoms with Gasteiger partial charge in [0.25, 0.3) is 0 Å². The van der Waals surface area contributed by atoms with Crippen molar-refractivity contribution in [3.05, 3.63) is 48.5 Å². The number of aromatic amines is 1. The van der Waals surface area contributed by atoms with E-state index >= 15 is 0 Å². The minimum Gasteiger partial charge on any atom is -0.370 e. The third-order valence-corrected chi connectivity index (χ3v) is 3.88. The molecule has 0 aliphatic rings. The number of guanidine groups is 1. The van der Waals surface area contributed by atoms with Crippen LogP contribution in [0.2, 0.25) is 0 Å². The molecule has 1 aromatic carbocycles. The lowest BCUT2D eigenvalue weighted by molar-refractivity contribution is 0.806. The molecule has 1 heterocycles. The highest BCUT2D eigenvalue weighted by atomic mass is 32.2. The van der Waals surface area contributed by atoms with Crippen LogP contribution in [0, 0.1) is 0 Å². The Balaban J connectivity index is 1.54. The molecule has 112 valence electrons. The maximum atomic E-state index is 5.82. The summed E-state index contributed by atoms with van der Waals surface area (Å²) in [6.45, 7) is 1.54. The zero-order chi connectivity index (χ0) is 14.8. The van der Waals surface area contributed by atoms with Crippen LogP contribution in [-0.4, -0.2) is 34.8 Å². The van der Waals surface area contributed by atoms with Crippen molar-refractivity contribution >= 4 is 17.7 Å². The lowest BCUT2D eigenvalue weighted by atomic mass is 10.2. The van der Waals surface area contributed by atoms with Crippen LogP contribution in [0.3, 0.4) is 0 Å². The molecule has 2 aromatic rings. The number of rotatable bonds is 8. The summed E-state index contributed by atoms with van der Waals surface area (Å²) in [7, 11) is 0. The van der Waals surface area contributed by atoms with Crippen molar-refractivity contribution < 1.29 is 0 Å². The number of aryl methyl sites for hydroxylation is 1. The van der Waals surface area contributed by atoms with Gasteiger partial charge in [0.1, 0.15) is 0 Å². The van der Waals surface area contributed by atoms with Crippen molar-refractivity contribution in [2.24, 2.45) is 10.7 Å². The fourth-order valence-corrected chi connectivity index (χ4v) is 2.60. The quantitative estimate of drug-likeness (QED) is 0.302. The van der Waals surface area contributed by atoms with Crippen LogP contribution in [0.4, 0.5) is 0 Å². The smallest absolute Gasteiger partial charge is 0.188 e. The lowest BCUT2D eigenvalue weighted by Crippen LogP contribution is -2.33. The molecule has 21 heavy (non-hydrogen) atoms. The van der Waals surface area contributed by atoms with Crippen molar-refractivity contribution in [1.29, 1.82) is 0 Å². The second kappa shape index (κ2) is 9.07. The molecule has 0 saturated carbocycles. The number of imidazole rings is 1. The number of aliphatic imine (C=N–C) groups is 1. The van der Waals surface area contributed by atoms with E-state index < -0.39 is 0 Å². The zero-order valence-corrected chi connectivity index (χ0v) is 12.8. The molecule has 0 aliphatic carbocycles. The highest BCUT2D eigenvalue weighted by molar-refractivity contribution is 7.99. The van der Waals surface area contributed by atoms with Gasteiger partial charge in [0.15, 0.2) is 5.96 Å². The standard InChI is InChI=1S/C15H21N5S/c16-15(18-8-4-5-13-11-17-12-20-13)19-9-10-21-14-6-2-1-3-7-14/h1-3,6-7,11-12H,4-5,8-10H2,(H,17,20)(H3,16,18,19). The molecule has 0 saturated heterocycles. The second-order valence-electron chi connectivity index (χ2n) is 4.54. The van der Waals surface area contributed by atoms with E-state index in [1.807, 2.05) is 24.4 Å². The van der Waals surface area contributed by atoms with Crippen LogP contribution in [0.5, 0.6) is 0 Å². The summed E-state index contributed by atoms with van der Waals surface area (Å²) in [5, 5.41) is 3.13. The largest absolute Gasteiger partial charge is 0.370 e. The highest BCUT2D eigenvalue weighted by Gasteiger charge is 1.96. The molecule has 0 spiro atoms. The first-order valence-corrected chi connectivity index (χ1v) is 8.02. The molecule has 6 heteroatoms. The van der Waals surface area contributed by atoms with Crippen molar-refractivity contribution in [3.63, 3.8) is 0 Å². The number of nitrogens with two attached hydrogens (primary N) is 1. The van der Waals surface area contributed by atoms with Crippen LogP contribution >= 0.6 is 11.8 Å². The Kier molecular flexibility index (Phi) is 6.67. The molecular weight excluding hydrogens is 282 g/mol. The number of thioether (sulfide) groups is 1. The average Bonchev–Trinajstić information content (AvgIpc) is 3.02. The molecule has 0 fully saturated rings. The third-order valence-electron chi connectivity index (χ3n) is 2.86. The first-order valence-electron chi connectivity index (χ1n) is 7.03. The first-order chi connectivity index (χ1) is 10.3. The normalized spacial score (nSPS) is 11.5. The van der Waals surface area contributed by atoms with Gasteiger partial charge in [0, 0.05) is 35.6 Å². The number of H-pyrrole nitrogens is 1. The number of aromatic nitrogens is 2. The van der Waals surface area contributed by atoms with Crippen molar-refractivity contribution in [1.82, 2.24) is 15.3 Å². The van der Waals surface area contributed by atoms with Gasteiger partial charge in [0.2, 0.25) is 0 Å². The van der Waals surface area contributed by atoms with E-state index in [2.05, 4.69) is 32.4 Å². The molecule has 0 bridgehead atoms. The lowest BCUT2D eigenvalue weighted by Gasteiger charge is -2.05. The van der Waals surface area contributed by atoms with Gasteiger partial charge in [-0.25, -0.2) is 4.98 Å². The van der Waals surface area contributed by atoms with E-state index in [0.29, 0.717) is 5.96 Å². The Labute approximate surface area is 129 Å². The van der Waals surface area contributed by atoms with Crippen LogP contribution in [0.15, 0.2) is 52.7 Å². The van der Waals surface area contributed by atoms with E-state index in [-0.39, 0.29) is 0 Å². The Hall–Kier alpha value is -1.95. The summed E-state index contributed by atoms with van der Waals surface area (Å²) in [5.74, 6) is 1.49. The molecule has 0 amide bonds. The van der Waals surface area contributed by atoms with Gasteiger partial charge in [-0.2, -0.15) is 0 Å². The number of hydrogen-bond acceptors (Lipinski definition) is 3. The maximum absolute atomic E-state index is 5.82. The molecule has 5 nitrogen and oxygen atoms in total. The van der Waals surface area contributed by atoms with Crippen LogP contribution < -0.4 is 11.1 Å². The minimum atomic E-state index is 0.522. The summed E-state index contributed by atoms with van der Waals surface area (Å²) in [5.41, 5.74) is 6.96. The Morgan fingerprint density at radius 2 is 2.19 bits per heavy atom. The number of benzene rings is 1. The molecule has 4 N–H and O–H groups in total. The molecule has 0 aliphatic heterocycles. The summed E-state index contributed by atoms with van der Waals surface area (Å²) in [6.07, 6.45) is 5.44. The molecule has 0 radical (unpaired) electrons. The summed E-state index contributed by atoms with van der Waals surface area (Å²) >= 11 is 1.80. The average molecular weight is 303 g/mol. The first kappa shape index (κ1) is 15.4. The van der Waals surface area contributed by atoms with Gasteiger partial charge >= 0.3 is 0 Å². The Bertz CT molecular complexity index is 524. The summed E-state index contributed by atoms with van der Waals surface area (Å²) in [4.78, 5) is 12.6. The van der Waals surface area contributed by atoms with E-state index in [9.17, 15) is 0 Å². The second-order valence-corrected chi connectivity index (χ2v) is 5.70. The molecule has 0 atom stereocenters. The number of nitrogens with one attached hydrogen (secondary N) is 2. The molecule has 1 aromatic heterocycles. The van der Waals surface area contributed by atoms with Crippen LogP contribution in [0.1, 0.15) is 12.1 Å². The van der Waals surface area contributed by atoms with Crippen molar-refractivity contribution in [2.45, 2.75) is 17.7 Å². The third kappa shape index (κ3) is 6.35. The van der Waals surface area contributed by atoms with E-state index in [1.165, 1.54) is 4.90 Å². The Morgan fingerprint density at radius 3 is 2.95 bits per heavy atom. The zero-order valence-electron chi connectivity index (χ0n) is 12.0. The molecule has 2 rings (SSSR count). The topological polar surface area (TPSA) is 79.1 Å². The van der Waals surface area contributed by atoms with Crippen molar-refractivity contribution in [3.8, 4) is 0 Å². The van der Waals surface area contributed by atoms with Gasteiger partial charge in [-0.15, -0.1) is 11.8 Å². The van der Waals surface area contributed by atoms with E-state index in [0.717, 1.165) is 37.4 Å². The Morgan fingerprint density at radius 1 is 1.33 bits per heavy atom. The van der Waals surface area contributed by atoms with Gasteiger partial charge in [-0.3, -0.25) is 4.99 Å². The van der Waals surface area contributed by atoms with Gasteiger partial charge < -0.3 is 16.0 Å². The summed E-state index contributed by atoms with van der Waals surface area (Å²) in [6, 6.07) is 10.3. The fourth-order valence-electron chi connectivity index (χ4n) is 1.81.